The van der Waals surface area contributed by atoms with Gasteiger partial charge in [0.2, 0.25) is 11.8 Å². The third kappa shape index (κ3) is 3.05. The Balaban J connectivity index is 1.45. The number of rotatable bonds is 2. The van der Waals surface area contributed by atoms with Crippen molar-refractivity contribution >= 4 is 29.3 Å². The van der Waals surface area contributed by atoms with Gasteiger partial charge in [0.1, 0.15) is 6.54 Å². The molecule has 128 valence electrons. The molecule has 0 aromatic heterocycles. The van der Waals surface area contributed by atoms with Crippen LogP contribution in [0, 0.1) is 0 Å². The largest absolute Gasteiger partial charge is 0.338 e. The third-order valence-electron chi connectivity index (χ3n) is 5.29. The van der Waals surface area contributed by atoms with Crippen LogP contribution in [0.1, 0.15) is 19.3 Å². The first-order valence-electron chi connectivity index (χ1n) is 8.76. The van der Waals surface area contributed by atoms with E-state index in [1.807, 2.05) is 29.2 Å². The highest BCUT2D eigenvalue weighted by atomic mass is 32.2. The Bertz CT molecular complexity index is 651. The molecule has 5 nitrogen and oxygen atoms in total. The Morgan fingerprint density at radius 2 is 2.04 bits per heavy atom. The zero-order valence-electron chi connectivity index (χ0n) is 13.8. The van der Waals surface area contributed by atoms with Gasteiger partial charge in [-0.3, -0.25) is 14.5 Å². The molecule has 0 saturated carbocycles. The van der Waals surface area contributed by atoms with Crippen LogP contribution in [0.2, 0.25) is 0 Å². The fourth-order valence-corrected chi connectivity index (χ4v) is 4.88. The van der Waals surface area contributed by atoms with E-state index in [-0.39, 0.29) is 18.4 Å². The van der Waals surface area contributed by atoms with Crippen LogP contribution in [0.4, 0.5) is 5.69 Å². The Morgan fingerprint density at radius 3 is 2.96 bits per heavy atom. The minimum Gasteiger partial charge on any atom is -0.338 e. The Hall–Kier alpha value is -1.53. The molecular weight excluding hydrogens is 322 g/mol. The van der Waals surface area contributed by atoms with Crippen molar-refractivity contribution < 1.29 is 9.59 Å². The van der Waals surface area contributed by atoms with E-state index in [0.29, 0.717) is 11.8 Å². The smallest absolute Gasteiger partial charge is 0.242 e. The molecule has 1 aromatic carbocycles. The molecule has 1 aromatic rings. The number of nitrogens with zero attached hydrogens (tertiary/aromatic N) is 3. The molecule has 3 heterocycles. The van der Waals surface area contributed by atoms with Crippen molar-refractivity contribution in [3.63, 3.8) is 0 Å². The van der Waals surface area contributed by atoms with Crippen LogP contribution in [0.5, 0.6) is 0 Å². The second kappa shape index (κ2) is 6.76. The number of hydrogen-bond donors (Lipinski definition) is 0. The molecule has 0 spiro atoms. The summed E-state index contributed by atoms with van der Waals surface area (Å²) in [7, 11) is 0. The van der Waals surface area contributed by atoms with Crippen LogP contribution >= 0.6 is 11.8 Å². The van der Waals surface area contributed by atoms with E-state index in [0.717, 1.165) is 30.2 Å². The van der Waals surface area contributed by atoms with Gasteiger partial charge in [-0.15, -0.1) is 11.8 Å². The number of amides is 2. The Morgan fingerprint density at radius 1 is 1.17 bits per heavy atom. The summed E-state index contributed by atoms with van der Waals surface area (Å²) < 4.78 is 0. The first-order valence-corrected chi connectivity index (χ1v) is 9.75. The Kier molecular flexibility index (Phi) is 4.50. The number of hydrogen-bond acceptors (Lipinski definition) is 4. The van der Waals surface area contributed by atoms with Gasteiger partial charge in [0.25, 0.3) is 0 Å². The van der Waals surface area contributed by atoms with E-state index in [4.69, 9.17) is 0 Å². The molecule has 0 unspecified atom stereocenters. The number of anilines is 1. The molecule has 2 saturated heterocycles. The number of fused-ring (bicyclic) bond motifs is 2. The number of piperazine rings is 1. The van der Waals surface area contributed by atoms with Crippen molar-refractivity contribution in [3.05, 3.63) is 24.3 Å². The Labute approximate surface area is 147 Å². The zero-order chi connectivity index (χ0) is 16.5. The highest BCUT2D eigenvalue weighted by molar-refractivity contribution is 8.00. The van der Waals surface area contributed by atoms with E-state index >= 15 is 0 Å². The standard InChI is InChI=1S/C18H23N3O2S/c22-17(20-10-9-19-8-4-3-5-14(19)11-20)12-21-15-6-1-2-7-16(15)24-13-18(21)23/h1-2,6-7,14H,3-5,8-13H2/t14-/m1/s1. The lowest BCUT2D eigenvalue weighted by atomic mass is 9.99. The number of carbonyl (C=O) groups excluding carboxylic acids is 2. The summed E-state index contributed by atoms with van der Waals surface area (Å²) >= 11 is 1.56. The summed E-state index contributed by atoms with van der Waals surface area (Å²) in [5, 5.41) is 0. The van der Waals surface area contributed by atoms with Crippen LogP contribution in [0.15, 0.2) is 29.2 Å². The van der Waals surface area contributed by atoms with E-state index in [1.165, 1.54) is 25.8 Å². The van der Waals surface area contributed by atoms with Gasteiger partial charge >= 0.3 is 0 Å². The van der Waals surface area contributed by atoms with Crippen molar-refractivity contribution in [2.45, 2.75) is 30.2 Å². The number of para-hydroxylation sites is 1. The molecule has 0 radical (unpaired) electrons. The number of thioether (sulfide) groups is 1. The summed E-state index contributed by atoms with van der Waals surface area (Å²) in [5.74, 6) is 0.527. The summed E-state index contributed by atoms with van der Waals surface area (Å²) in [6.45, 7) is 3.91. The van der Waals surface area contributed by atoms with E-state index in [2.05, 4.69) is 4.90 Å². The van der Waals surface area contributed by atoms with Crippen LogP contribution in [0.3, 0.4) is 0 Å². The molecule has 24 heavy (non-hydrogen) atoms. The molecule has 3 aliphatic heterocycles. The van der Waals surface area contributed by atoms with Gasteiger partial charge in [-0.1, -0.05) is 18.6 Å². The van der Waals surface area contributed by atoms with Gasteiger partial charge in [0.05, 0.1) is 11.4 Å². The van der Waals surface area contributed by atoms with Crippen LogP contribution < -0.4 is 4.90 Å². The average molecular weight is 345 g/mol. The first kappa shape index (κ1) is 16.0. The second-order valence-electron chi connectivity index (χ2n) is 6.76. The van der Waals surface area contributed by atoms with Crippen LogP contribution in [-0.2, 0) is 9.59 Å². The normalized spacial score (nSPS) is 24.5. The maximum absolute atomic E-state index is 12.8. The molecular formula is C18H23N3O2S. The zero-order valence-corrected chi connectivity index (χ0v) is 14.6. The summed E-state index contributed by atoms with van der Waals surface area (Å²) in [5.41, 5.74) is 0.878. The number of benzene rings is 1. The monoisotopic (exact) mass is 345 g/mol. The van der Waals surface area contributed by atoms with Crippen LogP contribution in [0.25, 0.3) is 0 Å². The molecule has 3 aliphatic rings. The highest BCUT2D eigenvalue weighted by Gasteiger charge is 2.33. The van der Waals surface area contributed by atoms with Crippen molar-refractivity contribution in [1.29, 1.82) is 0 Å². The van der Waals surface area contributed by atoms with E-state index in [9.17, 15) is 9.59 Å². The van der Waals surface area contributed by atoms with E-state index in [1.54, 1.807) is 16.7 Å². The van der Waals surface area contributed by atoms with Crippen LogP contribution in [-0.4, -0.2) is 66.1 Å². The minimum absolute atomic E-state index is 0.0309. The molecule has 6 heteroatoms. The molecule has 2 amide bonds. The maximum Gasteiger partial charge on any atom is 0.242 e. The molecule has 4 rings (SSSR count). The lowest BCUT2D eigenvalue weighted by Gasteiger charge is -2.44. The van der Waals surface area contributed by atoms with Gasteiger partial charge in [-0.05, 0) is 31.5 Å². The predicted octanol–water partition coefficient (Wildman–Crippen LogP) is 1.82. The second-order valence-corrected chi connectivity index (χ2v) is 7.78. The lowest BCUT2D eigenvalue weighted by molar-refractivity contribution is -0.134. The van der Waals surface area contributed by atoms with Gasteiger partial charge in [-0.25, -0.2) is 0 Å². The van der Waals surface area contributed by atoms with Crippen molar-refractivity contribution in [2.75, 3.05) is 43.4 Å². The summed E-state index contributed by atoms with van der Waals surface area (Å²) in [6.07, 6.45) is 3.73. The molecule has 1 atom stereocenters. The van der Waals surface area contributed by atoms with Crippen molar-refractivity contribution in [2.24, 2.45) is 0 Å². The summed E-state index contributed by atoms with van der Waals surface area (Å²) in [4.78, 5) is 32.4. The van der Waals surface area contributed by atoms with Crippen molar-refractivity contribution in [1.82, 2.24) is 9.80 Å². The molecule has 2 fully saturated rings. The molecule has 0 aliphatic carbocycles. The van der Waals surface area contributed by atoms with E-state index < -0.39 is 0 Å². The fraction of sp³-hybridized carbons (Fsp3) is 0.556. The molecule has 0 bridgehead atoms. The third-order valence-corrected chi connectivity index (χ3v) is 6.34. The lowest BCUT2D eigenvalue weighted by Crippen LogP contribution is -2.58. The van der Waals surface area contributed by atoms with Crippen molar-refractivity contribution in [3.8, 4) is 0 Å². The molecule has 0 N–H and O–H groups in total. The van der Waals surface area contributed by atoms with Gasteiger partial charge < -0.3 is 9.80 Å². The predicted molar refractivity (Wildman–Crippen MR) is 95.3 cm³/mol. The quantitative estimate of drug-likeness (QED) is 0.820. The number of carbonyl (C=O) groups is 2. The van der Waals surface area contributed by atoms with Gasteiger partial charge in [0, 0.05) is 30.6 Å². The van der Waals surface area contributed by atoms with Gasteiger partial charge in [-0.2, -0.15) is 0 Å². The summed E-state index contributed by atoms with van der Waals surface area (Å²) in [6, 6.07) is 8.37. The minimum atomic E-state index is 0.0309. The average Bonchev–Trinajstić information content (AvgIpc) is 2.63. The highest BCUT2D eigenvalue weighted by Crippen LogP contribution is 2.34. The number of piperidine rings is 1. The SMILES string of the molecule is O=C(CN1C(=O)CSc2ccccc21)N1CCN2CCCC[C@@H]2C1. The maximum atomic E-state index is 12.8. The van der Waals surface area contributed by atoms with Gasteiger partial charge in [0.15, 0.2) is 0 Å². The fourth-order valence-electron chi connectivity index (χ4n) is 3.95. The topological polar surface area (TPSA) is 43.9 Å². The first-order chi connectivity index (χ1) is 11.7.